The Balaban J connectivity index is 1.99. The van der Waals surface area contributed by atoms with E-state index in [1.165, 1.54) is 5.01 Å². The Kier molecular flexibility index (Phi) is 3.58. The number of nitrogens with zero attached hydrogens (tertiary/aromatic N) is 3. The minimum Gasteiger partial charge on any atom is -0.422 e. The van der Waals surface area contributed by atoms with Gasteiger partial charge in [-0.3, -0.25) is 5.01 Å². The van der Waals surface area contributed by atoms with Crippen LogP contribution in [0.2, 0.25) is 0 Å². The number of para-hydroxylation sites is 2. The second-order valence-corrected chi connectivity index (χ2v) is 3.77. The summed E-state index contributed by atoms with van der Waals surface area (Å²) in [4.78, 5) is 4.28. The molecular formula is C12H14N4O. The Hall–Kier alpha value is -2.06. The summed E-state index contributed by atoms with van der Waals surface area (Å²) in [7, 11) is 0. The average molecular weight is 230 g/mol. The van der Waals surface area contributed by atoms with Crippen molar-refractivity contribution in [3.63, 3.8) is 0 Å². The summed E-state index contributed by atoms with van der Waals surface area (Å²) < 4.78 is 5.51. The van der Waals surface area contributed by atoms with Crippen molar-refractivity contribution >= 4 is 17.1 Å². The summed E-state index contributed by atoms with van der Waals surface area (Å²) in [6.45, 7) is 0.633. The van der Waals surface area contributed by atoms with Gasteiger partial charge in [0, 0.05) is 13.0 Å². The van der Waals surface area contributed by atoms with Crippen molar-refractivity contribution in [2.75, 3.05) is 11.6 Å². The van der Waals surface area contributed by atoms with Gasteiger partial charge in [-0.25, -0.2) is 5.84 Å². The molecule has 5 heteroatoms. The van der Waals surface area contributed by atoms with Crippen LogP contribution in [0, 0.1) is 11.3 Å². The molecular weight excluding hydrogens is 216 g/mol. The molecule has 0 spiro atoms. The largest absolute Gasteiger partial charge is 0.422 e. The van der Waals surface area contributed by atoms with E-state index in [2.05, 4.69) is 11.1 Å². The van der Waals surface area contributed by atoms with Gasteiger partial charge in [-0.1, -0.05) is 12.1 Å². The van der Waals surface area contributed by atoms with Gasteiger partial charge in [0.15, 0.2) is 5.58 Å². The standard InChI is InChI=1S/C12H14N4O/c13-8-4-1-5-9-16(14)12-15-10-6-2-3-7-11(10)17-12/h2-3,6-7H,1,4-5,9,14H2. The zero-order valence-corrected chi connectivity index (χ0v) is 9.47. The lowest BCUT2D eigenvalue weighted by Crippen LogP contribution is -2.32. The maximum atomic E-state index is 8.42. The lowest BCUT2D eigenvalue weighted by Gasteiger charge is -2.12. The van der Waals surface area contributed by atoms with Gasteiger partial charge in [-0.05, 0) is 25.0 Å². The van der Waals surface area contributed by atoms with Crippen molar-refractivity contribution in [2.45, 2.75) is 19.3 Å². The highest BCUT2D eigenvalue weighted by atomic mass is 16.4. The molecule has 88 valence electrons. The fourth-order valence-electron chi connectivity index (χ4n) is 1.56. The van der Waals surface area contributed by atoms with Gasteiger partial charge in [0.1, 0.15) is 5.52 Å². The van der Waals surface area contributed by atoms with Crippen LogP contribution in [0.3, 0.4) is 0 Å². The van der Waals surface area contributed by atoms with Crippen LogP contribution in [0.25, 0.3) is 11.1 Å². The number of hydrogen-bond donors (Lipinski definition) is 1. The number of hydrogen-bond acceptors (Lipinski definition) is 5. The lowest BCUT2D eigenvalue weighted by molar-refractivity contribution is 0.562. The van der Waals surface area contributed by atoms with Gasteiger partial charge in [-0.2, -0.15) is 10.2 Å². The molecule has 0 atom stereocenters. The molecule has 17 heavy (non-hydrogen) atoms. The van der Waals surface area contributed by atoms with E-state index in [1.54, 1.807) is 0 Å². The maximum Gasteiger partial charge on any atom is 0.313 e. The molecule has 2 N–H and O–H groups in total. The molecule has 0 aliphatic carbocycles. The molecule has 0 aliphatic heterocycles. The molecule has 1 aromatic carbocycles. The zero-order chi connectivity index (χ0) is 12.1. The topological polar surface area (TPSA) is 79.1 Å². The number of unbranched alkanes of at least 4 members (excludes halogenated alkanes) is 2. The predicted molar refractivity (Wildman–Crippen MR) is 65.0 cm³/mol. The summed E-state index contributed by atoms with van der Waals surface area (Å²) >= 11 is 0. The van der Waals surface area contributed by atoms with Crippen LogP contribution in [0.15, 0.2) is 28.7 Å². The Labute approximate surface area is 99.4 Å². The van der Waals surface area contributed by atoms with Crippen molar-refractivity contribution in [2.24, 2.45) is 5.84 Å². The van der Waals surface area contributed by atoms with E-state index < -0.39 is 0 Å². The lowest BCUT2D eigenvalue weighted by atomic mass is 10.2. The average Bonchev–Trinajstić information content (AvgIpc) is 2.78. The van der Waals surface area contributed by atoms with Crippen molar-refractivity contribution in [3.8, 4) is 6.07 Å². The van der Waals surface area contributed by atoms with Crippen LogP contribution >= 0.6 is 0 Å². The molecule has 0 fully saturated rings. The normalized spacial score (nSPS) is 10.4. The van der Waals surface area contributed by atoms with Gasteiger partial charge >= 0.3 is 6.01 Å². The molecule has 1 aromatic heterocycles. The van der Waals surface area contributed by atoms with E-state index in [1.807, 2.05) is 24.3 Å². The van der Waals surface area contributed by atoms with Gasteiger partial charge in [0.2, 0.25) is 0 Å². The van der Waals surface area contributed by atoms with E-state index >= 15 is 0 Å². The van der Waals surface area contributed by atoms with E-state index in [9.17, 15) is 0 Å². The molecule has 0 radical (unpaired) electrons. The predicted octanol–water partition coefficient (Wildman–Crippen LogP) is 2.20. The van der Waals surface area contributed by atoms with Crippen LogP contribution in [0.4, 0.5) is 6.01 Å². The minimum absolute atomic E-state index is 0.420. The Morgan fingerprint density at radius 3 is 2.94 bits per heavy atom. The number of rotatable bonds is 5. The number of hydrazine groups is 1. The summed E-state index contributed by atoms with van der Waals surface area (Å²) in [6, 6.07) is 10.1. The number of oxazole rings is 1. The van der Waals surface area contributed by atoms with E-state index in [-0.39, 0.29) is 0 Å². The van der Waals surface area contributed by atoms with Crippen LogP contribution in [-0.4, -0.2) is 11.5 Å². The number of nitrogens with two attached hydrogens (primary N) is 1. The van der Waals surface area contributed by atoms with E-state index in [4.69, 9.17) is 15.5 Å². The first kappa shape index (κ1) is 11.4. The van der Waals surface area contributed by atoms with Gasteiger partial charge in [-0.15, -0.1) is 0 Å². The molecule has 1 heterocycles. The smallest absolute Gasteiger partial charge is 0.313 e. The molecule has 0 saturated heterocycles. The molecule has 0 amide bonds. The van der Waals surface area contributed by atoms with Crippen LogP contribution < -0.4 is 10.9 Å². The number of fused-ring (bicyclic) bond motifs is 1. The second kappa shape index (κ2) is 5.32. The van der Waals surface area contributed by atoms with Crippen molar-refractivity contribution in [3.05, 3.63) is 24.3 Å². The second-order valence-electron chi connectivity index (χ2n) is 3.77. The number of aromatic nitrogens is 1. The van der Waals surface area contributed by atoms with E-state index in [0.29, 0.717) is 19.0 Å². The molecule has 0 unspecified atom stereocenters. The van der Waals surface area contributed by atoms with Crippen LogP contribution in [0.5, 0.6) is 0 Å². The molecule has 0 aliphatic rings. The van der Waals surface area contributed by atoms with Gasteiger partial charge in [0.25, 0.3) is 0 Å². The Morgan fingerprint density at radius 2 is 2.18 bits per heavy atom. The van der Waals surface area contributed by atoms with Crippen molar-refractivity contribution < 1.29 is 4.42 Å². The van der Waals surface area contributed by atoms with E-state index in [0.717, 1.165) is 23.9 Å². The number of anilines is 1. The fourth-order valence-corrected chi connectivity index (χ4v) is 1.56. The highest BCUT2D eigenvalue weighted by Gasteiger charge is 2.09. The Morgan fingerprint density at radius 1 is 1.35 bits per heavy atom. The highest BCUT2D eigenvalue weighted by molar-refractivity contribution is 5.74. The SMILES string of the molecule is N#CCCCCN(N)c1nc2ccccc2o1. The first-order chi connectivity index (χ1) is 8.31. The molecule has 0 bridgehead atoms. The zero-order valence-electron chi connectivity index (χ0n) is 9.47. The Bertz CT molecular complexity index is 496. The first-order valence-electron chi connectivity index (χ1n) is 5.56. The third-order valence-electron chi connectivity index (χ3n) is 2.47. The van der Waals surface area contributed by atoms with Crippen molar-refractivity contribution in [1.29, 1.82) is 5.26 Å². The quantitative estimate of drug-likeness (QED) is 0.484. The third-order valence-corrected chi connectivity index (χ3v) is 2.47. The van der Waals surface area contributed by atoms with Crippen LogP contribution in [0.1, 0.15) is 19.3 Å². The van der Waals surface area contributed by atoms with Gasteiger partial charge < -0.3 is 4.42 Å². The van der Waals surface area contributed by atoms with Gasteiger partial charge in [0.05, 0.1) is 6.07 Å². The van der Waals surface area contributed by atoms with Crippen molar-refractivity contribution in [1.82, 2.24) is 4.98 Å². The van der Waals surface area contributed by atoms with Crippen LogP contribution in [-0.2, 0) is 0 Å². The number of benzene rings is 1. The molecule has 2 rings (SSSR count). The maximum absolute atomic E-state index is 8.42. The third kappa shape index (κ3) is 2.74. The summed E-state index contributed by atoms with van der Waals surface area (Å²) in [5, 5.41) is 9.90. The highest BCUT2D eigenvalue weighted by Crippen LogP contribution is 2.19. The summed E-state index contributed by atoms with van der Waals surface area (Å²) in [6.07, 6.45) is 2.24. The minimum atomic E-state index is 0.420. The number of nitriles is 1. The summed E-state index contributed by atoms with van der Waals surface area (Å²) in [5.41, 5.74) is 1.53. The molecule has 2 aromatic rings. The molecule has 0 saturated carbocycles. The molecule has 5 nitrogen and oxygen atoms in total. The monoisotopic (exact) mass is 230 g/mol. The first-order valence-corrected chi connectivity index (χ1v) is 5.56. The fraction of sp³-hybridized carbons (Fsp3) is 0.333. The summed E-state index contributed by atoms with van der Waals surface area (Å²) in [5.74, 6) is 5.84.